The van der Waals surface area contributed by atoms with Crippen LogP contribution in [-0.4, -0.2) is 18.0 Å². The second-order valence-electron chi connectivity index (χ2n) is 5.40. The molecule has 0 heterocycles. The fourth-order valence-electron chi connectivity index (χ4n) is 2.11. The van der Waals surface area contributed by atoms with Crippen molar-refractivity contribution in [2.24, 2.45) is 0 Å². The molecule has 1 amide bonds. The zero-order valence-corrected chi connectivity index (χ0v) is 13.6. The van der Waals surface area contributed by atoms with E-state index in [2.05, 4.69) is 5.32 Å². The summed E-state index contributed by atoms with van der Waals surface area (Å²) in [7, 11) is 0. The molecule has 120 valence electrons. The zero-order chi connectivity index (χ0) is 16.8. The number of aryl methyl sites for hydroxylation is 2. The predicted octanol–water partition coefficient (Wildman–Crippen LogP) is 3.74. The number of esters is 1. The second-order valence-corrected chi connectivity index (χ2v) is 5.40. The summed E-state index contributed by atoms with van der Waals surface area (Å²) in [5, 5.41) is 2.77. The molecule has 0 aliphatic heterocycles. The Bertz CT molecular complexity index is 692. The van der Waals surface area contributed by atoms with E-state index in [4.69, 9.17) is 4.74 Å². The molecular formula is C19H21NO3. The smallest absolute Gasteiger partial charge is 0.338 e. The summed E-state index contributed by atoms with van der Waals surface area (Å²) < 4.78 is 5.23. The van der Waals surface area contributed by atoms with Crippen LogP contribution >= 0.6 is 0 Å². The number of hydrogen-bond donors (Lipinski definition) is 1. The van der Waals surface area contributed by atoms with Crippen LogP contribution in [0.2, 0.25) is 0 Å². The highest BCUT2D eigenvalue weighted by Gasteiger charge is 2.19. The maximum Gasteiger partial charge on any atom is 0.338 e. The SMILES string of the molecule is CCc1ccc(C(=O)OC(C)C(=O)Nc2ccccc2C)cc1. The molecule has 4 nitrogen and oxygen atoms in total. The Labute approximate surface area is 136 Å². The van der Waals surface area contributed by atoms with Gasteiger partial charge in [-0.2, -0.15) is 0 Å². The normalized spacial score (nSPS) is 11.6. The molecule has 0 spiro atoms. The summed E-state index contributed by atoms with van der Waals surface area (Å²) >= 11 is 0. The number of rotatable bonds is 5. The van der Waals surface area contributed by atoms with Crippen LogP contribution in [0.25, 0.3) is 0 Å². The van der Waals surface area contributed by atoms with E-state index < -0.39 is 12.1 Å². The fraction of sp³-hybridized carbons (Fsp3) is 0.263. The van der Waals surface area contributed by atoms with Crippen molar-refractivity contribution in [1.82, 2.24) is 0 Å². The van der Waals surface area contributed by atoms with Gasteiger partial charge in [-0.05, 0) is 49.6 Å². The van der Waals surface area contributed by atoms with E-state index in [1.807, 2.05) is 50.2 Å². The number of hydrogen-bond acceptors (Lipinski definition) is 3. The third-order valence-electron chi connectivity index (χ3n) is 3.65. The van der Waals surface area contributed by atoms with Crippen molar-refractivity contribution in [2.75, 3.05) is 5.32 Å². The third kappa shape index (κ3) is 4.42. The monoisotopic (exact) mass is 311 g/mol. The third-order valence-corrected chi connectivity index (χ3v) is 3.65. The zero-order valence-electron chi connectivity index (χ0n) is 13.6. The molecule has 0 bridgehead atoms. The summed E-state index contributed by atoms with van der Waals surface area (Å²) in [5.41, 5.74) is 3.26. The standard InChI is InChI=1S/C19H21NO3/c1-4-15-9-11-16(12-10-15)19(22)23-14(3)18(21)20-17-8-6-5-7-13(17)2/h5-12,14H,4H2,1-3H3,(H,20,21). The highest BCUT2D eigenvalue weighted by atomic mass is 16.5. The van der Waals surface area contributed by atoms with Gasteiger partial charge >= 0.3 is 5.97 Å². The van der Waals surface area contributed by atoms with Gasteiger partial charge in [-0.3, -0.25) is 4.79 Å². The quantitative estimate of drug-likeness (QED) is 0.856. The molecule has 0 aliphatic carbocycles. The Balaban J connectivity index is 1.97. The molecule has 1 atom stereocenters. The van der Waals surface area contributed by atoms with Crippen molar-refractivity contribution in [1.29, 1.82) is 0 Å². The first kappa shape index (κ1) is 16.7. The molecule has 1 N–H and O–H groups in total. The number of anilines is 1. The van der Waals surface area contributed by atoms with E-state index >= 15 is 0 Å². The molecule has 2 aromatic carbocycles. The van der Waals surface area contributed by atoms with Crippen LogP contribution in [0.15, 0.2) is 48.5 Å². The van der Waals surface area contributed by atoms with Crippen LogP contribution in [0.3, 0.4) is 0 Å². The van der Waals surface area contributed by atoms with E-state index in [-0.39, 0.29) is 5.91 Å². The lowest BCUT2D eigenvalue weighted by molar-refractivity contribution is -0.123. The number of benzene rings is 2. The number of nitrogens with one attached hydrogen (secondary N) is 1. The van der Waals surface area contributed by atoms with E-state index in [1.54, 1.807) is 19.1 Å². The lowest BCUT2D eigenvalue weighted by atomic mass is 10.1. The van der Waals surface area contributed by atoms with Gasteiger partial charge in [0.15, 0.2) is 6.10 Å². The van der Waals surface area contributed by atoms with Crippen LogP contribution in [0.5, 0.6) is 0 Å². The average molecular weight is 311 g/mol. The van der Waals surface area contributed by atoms with Crippen molar-refractivity contribution in [3.05, 3.63) is 65.2 Å². The lowest BCUT2D eigenvalue weighted by Gasteiger charge is -2.14. The maximum absolute atomic E-state index is 12.1. The van der Waals surface area contributed by atoms with Crippen LogP contribution in [0, 0.1) is 6.92 Å². The van der Waals surface area contributed by atoms with Crippen molar-refractivity contribution < 1.29 is 14.3 Å². The molecule has 1 unspecified atom stereocenters. The predicted molar refractivity (Wildman–Crippen MR) is 90.5 cm³/mol. The molecule has 0 fully saturated rings. The Kier molecular flexibility index (Phi) is 5.52. The van der Waals surface area contributed by atoms with Crippen molar-refractivity contribution in [3.63, 3.8) is 0 Å². The van der Waals surface area contributed by atoms with Gasteiger partial charge in [-0.15, -0.1) is 0 Å². The molecule has 0 saturated heterocycles. The minimum atomic E-state index is -0.868. The average Bonchev–Trinajstić information content (AvgIpc) is 2.56. The summed E-state index contributed by atoms with van der Waals surface area (Å²) in [6.45, 7) is 5.51. The topological polar surface area (TPSA) is 55.4 Å². The summed E-state index contributed by atoms with van der Waals surface area (Å²) in [6, 6.07) is 14.7. The molecule has 4 heteroatoms. The van der Waals surface area contributed by atoms with E-state index in [9.17, 15) is 9.59 Å². The molecule has 2 aromatic rings. The van der Waals surface area contributed by atoms with Gasteiger partial charge in [0.25, 0.3) is 5.91 Å². The number of ether oxygens (including phenoxy) is 1. The second kappa shape index (κ2) is 7.58. The summed E-state index contributed by atoms with van der Waals surface area (Å²) in [5.74, 6) is -0.849. The van der Waals surface area contributed by atoms with Crippen LogP contribution < -0.4 is 5.32 Å². The molecular weight excluding hydrogens is 290 g/mol. The lowest BCUT2D eigenvalue weighted by Crippen LogP contribution is -2.30. The van der Waals surface area contributed by atoms with Gasteiger partial charge in [-0.25, -0.2) is 4.79 Å². The fourth-order valence-corrected chi connectivity index (χ4v) is 2.11. The van der Waals surface area contributed by atoms with Crippen molar-refractivity contribution in [2.45, 2.75) is 33.3 Å². The van der Waals surface area contributed by atoms with E-state index in [0.29, 0.717) is 11.3 Å². The molecule has 23 heavy (non-hydrogen) atoms. The van der Waals surface area contributed by atoms with Gasteiger partial charge in [0.2, 0.25) is 0 Å². The largest absolute Gasteiger partial charge is 0.449 e. The first-order chi connectivity index (χ1) is 11.0. The first-order valence-corrected chi connectivity index (χ1v) is 7.67. The molecule has 2 rings (SSSR count). The van der Waals surface area contributed by atoms with Crippen LogP contribution in [0.4, 0.5) is 5.69 Å². The number of para-hydroxylation sites is 1. The number of carbonyl (C=O) groups excluding carboxylic acids is 2. The van der Waals surface area contributed by atoms with Gasteiger partial charge in [0, 0.05) is 5.69 Å². The number of amides is 1. The summed E-state index contributed by atoms with van der Waals surface area (Å²) in [4.78, 5) is 24.2. The maximum atomic E-state index is 12.1. The molecule has 0 radical (unpaired) electrons. The Morgan fingerprint density at radius 2 is 1.74 bits per heavy atom. The molecule has 0 saturated carbocycles. The van der Waals surface area contributed by atoms with Gasteiger partial charge < -0.3 is 10.1 Å². The van der Waals surface area contributed by atoms with Crippen LogP contribution in [0.1, 0.15) is 35.3 Å². The minimum Gasteiger partial charge on any atom is -0.449 e. The van der Waals surface area contributed by atoms with E-state index in [0.717, 1.165) is 17.5 Å². The van der Waals surface area contributed by atoms with Crippen molar-refractivity contribution >= 4 is 17.6 Å². The van der Waals surface area contributed by atoms with Crippen molar-refractivity contribution in [3.8, 4) is 0 Å². The summed E-state index contributed by atoms with van der Waals surface area (Å²) in [6.07, 6.45) is 0.0397. The van der Waals surface area contributed by atoms with Crippen LogP contribution in [-0.2, 0) is 16.0 Å². The highest BCUT2D eigenvalue weighted by molar-refractivity contribution is 5.97. The van der Waals surface area contributed by atoms with E-state index in [1.165, 1.54) is 0 Å². The van der Waals surface area contributed by atoms with Gasteiger partial charge in [0.05, 0.1) is 5.56 Å². The molecule has 0 aromatic heterocycles. The Morgan fingerprint density at radius 3 is 2.35 bits per heavy atom. The van der Waals surface area contributed by atoms with Gasteiger partial charge in [-0.1, -0.05) is 37.3 Å². The molecule has 0 aliphatic rings. The highest BCUT2D eigenvalue weighted by Crippen LogP contribution is 2.14. The first-order valence-electron chi connectivity index (χ1n) is 7.67. The Morgan fingerprint density at radius 1 is 1.09 bits per heavy atom. The number of carbonyl (C=O) groups is 2. The van der Waals surface area contributed by atoms with Gasteiger partial charge in [0.1, 0.15) is 0 Å². The minimum absolute atomic E-state index is 0.349. The Hall–Kier alpha value is -2.62.